The maximum absolute atomic E-state index is 11.5. The van der Waals surface area contributed by atoms with E-state index in [-0.39, 0.29) is 11.8 Å². The third-order valence-electron chi connectivity index (χ3n) is 4.16. The molecule has 0 aliphatic rings. The first-order valence-electron chi connectivity index (χ1n) is 9.21. The maximum atomic E-state index is 11.5. The van der Waals surface area contributed by atoms with Crippen LogP contribution in [0, 0.1) is 0 Å². The maximum Gasteiger partial charge on any atom is 0.217 e. The molecule has 0 spiro atoms. The van der Waals surface area contributed by atoms with Crippen molar-refractivity contribution in [1.82, 2.24) is 19.9 Å². The SMILES string of the molecule is CC(=O)NCc1nc(C(C)C)c(Sc2cc(Cl)cc(Cl)c2)n1Cc1ccccn1. The van der Waals surface area contributed by atoms with Crippen molar-refractivity contribution in [2.75, 3.05) is 0 Å². The molecule has 2 aromatic heterocycles. The summed E-state index contributed by atoms with van der Waals surface area (Å²) in [7, 11) is 0. The van der Waals surface area contributed by atoms with Crippen LogP contribution in [0.2, 0.25) is 10.0 Å². The van der Waals surface area contributed by atoms with E-state index in [1.165, 1.54) is 6.92 Å². The van der Waals surface area contributed by atoms with Gasteiger partial charge in [-0.15, -0.1) is 0 Å². The molecule has 0 radical (unpaired) electrons. The molecule has 0 atom stereocenters. The van der Waals surface area contributed by atoms with Gasteiger partial charge in [0.15, 0.2) is 0 Å². The standard InChI is InChI=1S/C21H22Cl2N4OS/c1-13(2)20-21(29-18-9-15(22)8-16(23)10-18)27(12-17-6-4-5-7-24-17)19(26-20)11-25-14(3)28/h4-10,13H,11-12H2,1-3H3,(H,25,28). The lowest BCUT2D eigenvalue weighted by Crippen LogP contribution is -2.22. The van der Waals surface area contributed by atoms with Crippen LogP contribution in [0.1, 0.15) is 43.9 Å². The first-order valence-corrected chi connectivity index (χ1v) is 10.8. The summed E-state index contributed by atoms with van der Waals surface area (Å²) in [6, 6.07) is 11.3. The summed E-state index contributed by atoms with van der Waals surface area (Å²) in [5, 5.41) is 5.01. The van der Waals surface area contributed by atoms with Crippen molar-refractivity contribution in [3.63, 3.8) is 0 Å². The topological polar surface area (TPSA) is 59.8 Å². The summed E-state index contributed by atoms with van der Waals surface area (Å²) in [6.45, 7) is 6.60. The van der Waals surface area contributed by atoms with E-state index in [9.17, 15) is 4.79 Å². The second-order valence-electron chi connectivity index (χ2n) is 6.90. The number of imidazole rings is 1. The van der Waals surface area contributed by atoms with Gasteiger partial charge in [0.05, 0.1) is 24.5 Å². The van der Waals surface area contributed by atoms with E-state index in [0.29, 0.717) is 23.1 Å². The minimum Gasteiger partial charge on any atom is -0.349 e. The zero-order valence-electron chi connectivity index (χ0n) is 16.4. The van der Waals surface area contributed by atoms with Crippen LogP contribution in [0.5, 0.6) is 0 Å². The lowest BCUT2D eigenvalue weighted by atomic mass is 10.1. The Balaban J connectivity index is 2.08. The van der Waals surface area contributed by atoms with E-state index >= 15 is 0 Å². The molecule has 0 aliphatic carbocycles. The Labute approximate surface area is 184 Å². The summed E-state index contributed by atoms with van der Waals surface area (Å²) in [6.07, 6.45) is 1.77. The van der Waals surface area contributed by atoms with Gasteiger partial charge < -0.3 is 9.88 Å². The van der Waals surface area contributed by atoms with Crippen molar-refractivity contribution < 1.29 is 4.79 Å². The Morgan fingerprint density at radius 2 is 1.93 bits per heavy atom. The average Bonchev–Trinajstić information content (AvgIpc) is 2.97. The number of pyridine rings is 1. The highest BCUT2D eigenvalue weighted by atomic mass is 35.5. The third-order valence-corrected chi connectivity index (χ3v) is 5.70. The van der Waals surface area contributed by atoms with Gasteiger partial charge in [-0.1, -0.05) is 54.9 Å². The summed E-state index contributed by atoms with van der Waals surface area (Å²) in [5.74, 6) is 0.887. The minimum atomic E-state index is -0.0979. The number of benzene rings is 1. The van der Waals surface area contributed by atoms with Crippen LogP contribution in [-0.2, 0) is 17.9 Å². The van der Waals surface area contributed by atoms with E-state index < -0.39 is 0 Å². The highest BCUT2D eigenvalue weighted by molar-refractivity contribution is 7.99. The number of hydrogen-bond donors (Lipinski definition) is 1. The van der Waals surface area contributed by atoms with Crippen LogP contribution >= 0.6 is 35.0 Å². The molecule has 0 saturated heterocycles. The lowest BCUT2D eigenvalue weighted by Gasteiger charge is -2.13. The van der Waals surface area contributed by atoms with Crippen molar-refractivity contribution >= 4 is 40.9 Å². The predicted octanol–water partition coefficient (Wildman–Crippen LogP) is 5.54. The number of rotatable bonds is 7. The molecule has 2 heterocycles. The number of hydrogen-bond acceptors (Lipinski definition) is 4. The molecule has 5 nitrogen and oxygen atoms in total. The zero-order valence-corrected chi connectivity index (χ0v) is 18.8. The van der Waals surface area contributed by atoms with E-state index in [0.717, 1.165) is 27.1 Å². The number of carbonyl (C=O) groups excluding carboxylic acids is 1. The Bertz CT molecular complexity index is 985. The minimum absolute atomic E-state index is 0.0979. The number of nitrogens with zero attached hydrogens (tertiary/aromatic N) is 3. The van der Waals surface area contributed by atoms with Gasteiger partial charge in [-0.2, -0.15) is 0 Å². The van der Waals surface area contributed by atoms with Gasteiger partial charge in [0.1, 0.15) is 10.9 Å². The second kappa shape index (κ2) is 9.65. The smallest absolute Gasteiger partial charge is 0.217 e. The Hall–Kier alpha value is -2.02. The molecule has 0 saturated carbocycles. The number of amides is 1. The van der Waals surface area contributed by atoms with Gasteiger partial charge in [0.2, 0.25) is 5.91 Å². The number of halogens is 2. The quantitative estimate of drug-likeness (QED) is 0.514. The molecule has 0 fully saturated rings. The van der Waals surface area contributed by atoms with Crippen LogP contribution in [0.15, 0.2) is 52.5 Å². The normalized spacial score (nSPS) is 11.1. The molecular formula is C21H22Cl2N4OS. The van der Waals surface area contributed by atoms with Gasteiger partial charge in [-0.05, 0) is 36.2 Å². The van der Waals surface area contributed by atoms with E-state index in [4.69, 9.17) is 28.2 Å². The van der Waals surface area contributed by atoms with E-state index in [1.807, 2.05) is 30.3 Å². The monoisotopic (exact) mass is 448 g/mol. The molecule has 1 amide bonds. The Morgan fingerprint density at radius 3 is 2.52 bits per heavy atom. The fourth-order valence-electron chi connectivity index (χ4n) is 2.84. The van der Waals surface area contributed by atoms with Crippen LogP contribution in [-0.4, -0.2) is 20.4 Å². The Morgan fingerprint density at radius 1 is 1.21 bits per heavy atom. The molecule has 29 heavy (non-hydrogen) atoms. The molecule has 1 N–H and O–H groups in total. The fraction of sp³-hybridized carbons (Fsp3) is 0.286. The lowest BCUT2D eigenvalue weighted by molar-refractivity contribution is -0.119. The first kappa shape index (κ1) is 21.7. The van der Waals surface area contributed by atoms with Gasteiger partial charge in [-0.3, -0.25) is 9.78 Å². The molecule has 3 rings (SSSR count). The highest BCUT2D eigenvalue weighted by Crippen LogP contribution is 2.37. The van der Waals surface area contributed by atoms with Gasteiger partial charge in [-0.25, -0.2) is 4.98 Å². The number of aromatic nitrogens is 3. The third kappa shape index (κ3) is 5.75. The van der Waals surface area contributed by atoms with Crippen LogP contribution in [0.4, 0.5) is 0 Å². The molecule has 0 unspecified atom stereocenters. The molecule has 1 aromatic carbocycles. The average molecular weight is 449 g/mol. The van der Waals surface area contributed by atoms with E-state index in [1.54, 1.807) is 24.0 Å². The van der Waals surface area contributed by atoms with Crippen LogP contribution in [0.3, 0.4) is 0 Å². The van der Waals surface area contributed by atoms with E-state index in [2.05, 4.69) is 28.7 Å². The predicted molar refractivity (Wildman–Crippen MR) is 118 cm³/mol. The largest absolute Gasteiger partial charge is 0.349 e. The first-order chi connectivity index (χ1) is 13.8. The second-order valence-corrected chi connectivity index (χ2v) is 8.83. The van der Waals surface area contributed by atoms with Crippen molar-refractivity contribution in [3.05, 3.63) is 69.9 Å². The molecular weight excluding hydrogens is 427 g/mol. The molecule has 0 aliphatic heterocycles. The molecule has 0 bridgehead atoms. The van der Waals surface area contributed by atoms with Crippen LogP contribution < -0.4 is 5.32 Å². The Kier molecular flexibility index (Phi) is 7.22. The van der Waals surface area contributed by atoms with Crippen molar-refractivity contribution in [1.29, 1.82) is 0 Å². The number of carbonyl (C=O) groups is 1. The van der Waals surface area contributed by atoms with Crippen molar-refractivity contribution in [2.24, 2.45) is 0 Å². The highest BCUT2D eigenvalue weighted by Gasteiger charge is 2.21. The molecule has 3 aromatic rings. The molecule has 152 valence electrons. The van der Waals surface area contributed by atoms with Gasteiger partial charge in [0.25, 0.3) is 0 Å². The van der Waals surface area contributed by atoms with Crippen molar-refractivity contribution in [3.8, 4) is 0 Å². The van der Waals surface area contributed by atoms with Crippen LogP contribution in [0.25, 0.3) is 0 Å². The summed E-state index contributed by atoms with van der Waals surface area (Å²) >= 11 is 14.0. The van der Waals surface area contributed by atoms with Gasteiger partial charge >= 0.3 is 0 Å². The van der Waals surface area contributed by atoms with Crippen molar-refractivity contribution in [2.45, 2.75) is 49.7 Å². The summed E-state index contributed by atoms with van der Waals surface area (Å²) < 4.78 is 2.10. The summed E-state index contributed by atoms with van der Waals surface area (Å²) in [4.78, 5) is 21.7. The summed E-state index contributed by atoms with van der Waals surface area (Å²) in [5.41, 5.74) is 1.87. The van der Waals surface area contributed by atoms with Gasteiger partial charge in [0, 0.05) is 28.1 Å². The number of nitrogens with one attached hydrogen (secondary N) is 1. The molecule has 8 heteroatoms. The fourth-order valence-corrected chi connectivity index (χ4v) is 4.76. The zero-order chi connectivity index (χ0) is 21.0.